The first-order valence-corrected chi connectivity index (χ1v) is 9.27. The van der Waals surface area contributed by atoms with Gasteiger partial charge in [-0.15, -0.1) is 11.3 Å². The number of esters is 1. The van der Waals surface area contributed by atoms with Gasteiger partial charge in [-0.2, -0.15) is 10.4 Å². The third-order valence-electron chi connectivity index (χ3n) is 4.22. The van der Waals surface area contributed by atoms with E-state index >= 15 is 0 Å². The van der Waals surface area contributed by atoms with E-state index < -0.39 is 12.0 Å². The van der Waals surface area contributed by atoms with Gasteiger partial charge in [0.1, 0.15) is 11.1 Å². The van der Waals surface area contributed by atoms with E-state index in [1.807, 2.05) is 0 Å². The van der Waals surface area contributed by atoms with E-state index in [0.29, 0.717) is 21.7 Å². The normalized spacial score (nSPS) is 12.9. The fraction of sp³-hybridized carbons (Fsp3) is 0.263. The van der Waals surface area contributed by atoms with Crippen molar-refractivity contribution in [1.82, 2.24) is 5.43 Å². The first-order valence-electron chi connectivity index (χ1n) is 8.45. The molecule has 0 spiro atoms. The number of carbonyl (C=O) groups excluding carboxylic acids is 2. The summed E-state index contributed by atoms with van der Waals surface area (Å²) in [7, 11) is 1.32. The number of methoxy groups -OCH3 is 1. The molecular weight excluding hydrogens is 364 g/mol. The highest BCUT2D eigenvalue weighted by molar-refractivity contribution is 7.16. The molecule has 1 aromatic heterocycles. The van der Waals surface area contributed by atoms with Gasteiger partial charge in [-0.3, -0.25) is 5.32 Å². The van der Waals surface area contributed by atoms with Crippen molar-refractivity contribution in [1.29, 1.82) is 5.26 Å². The van der Waals surface area contributed by atoms with Gasteiger partial charge in [-0.05, 0) is 48.9 Å². The summed E-state index contributed by atoms with van der Waals surface area (Å²) in [6.45, 7) is 0. The fourth-order valence-corrected chi connectivity index (χ4v) is 4.13. The summed E-state index contributed by atoms with van der Waals surface area (Å²) in [5.74, 6) is -0.414. The molecule has 0 atom stereocenters. The number of nitrogens with zero attached hydrogens (tertiary/aromatic N) is 2. The van der Waals surface area contributed by atoms with Crippen molar-refractivity contribution in [2.24, 2.45) is 5.10 Å². The van der Waals surface area contributed by atoms with Crippen LogP contribution in [0.1, 0.15) is 44.8 Å². The summed E-state index contributed by atoms with van der Waals surface area (Å²) in [6.07, 6.45) is 5.49. The zero-order valence-corrected chi connectivity index (χ0v) is 15.6. The molecule has 0 fully saturated rings. The SMILES string of the molecule is COC(=O)c1ccc(/C=N/NC(=O)Nc2sc3c(c2C#N)CCCC3)cc1. The number of hydrogen-bond acceptors (Lipinski definition) is 6. The predicted octanol–water partition coefficient (Wildman–Crippen LogP) is 3.44. The number of amides is 2. The molecule has 2 aromatic rings. The Balaban J connectivity index is 1.60. The first kappa shape index (κ1) is 18.6. The molecule has 0 saturated heterocycles. The Bertz CT molecular complexity index is 926. The first-order chi connectivity index (χ1) is 13.1. The number of hydrogen-bond donors (Lipinski definition) is 2. The van der Waals surface area contributed by atoms with E-state index in [1.54, 1.807) is 24.3 Å². The molecule has 0 saturated carbocycles. The molecule has 138 valence electrons. The van der Waals surface area contributed by atoms with Gasteiger partial charge >= 0.3 is 12.0 Å². The Hall–Kier alpha value is -3.18. The van der Waals surface area contributed by atoms with Crippen LogP contribution < -0.4 is 10.7 Å². The van der Waals surface area contributed by atoms with Crippen LogP contribution >= 0.6 is 11.3 Å². The minimum absolute atomic E-state index is 0.414. The van der Waals surface area contributed by atoms with Crippen LogP contribution in [0.15, 0.2) is 29.4 Å². The summed E-state index contributed by atoms with van der Waals surface area (Å²) in [4.78, 5) is 24.6. The smallest absolute Gasteiger partial charge is 0.340 e. The van der Waals surface area contributed by atoms with Crippen LogP contribution in [0.25, 0.3) is 0 Å². The van der Waals surface area contributed by atoms with Gasteiger partial charge in [0.2, 0.25) is 0 Å². The van der Waals surface area contributed by atoms with E-state index in [4.69, 9.17) is 0 Å². The molecule has 0 radical (unpaired) electrons. The molecule has 1 aromatic carbocycles. The van der Waals surface area contributed by atoms with Crippen LogP contribution in [0, 0.1) is 11.3 Å². The van der Waals surface area contributed by atoms with Crippen molar-refractivity contribution in [3.8, 4) is 6.07 Å². The van der Waals surface area contributed by atoms with Crippen LogP contribution in [-0.2, 0) is 17.6 Å². The maximum Gasteiger partial charge on any atom is 0.340 e. The second kappa shape index (κ2) is 8.47. The Morgan fingerprint density at radius 2 is 2.00 bits per heavy atom. The van der Waals surface area contributed by atoms with Gasteiger partial charge in [-0.1, -0.05) is 12.1 Å². The lowest BCUT2D eigenvalue weighted by atomic mass is 9.96. The van der Waals surface area contributed by atoms with Crippen LogP contribution in [0.4, 0.5) is 9.80 Å². The van der Waals surface area contributed by atoms with Crippen LogP contribution in [0.2, 0.25) is 0 Å². The number of anilines is 1. The number of ether oxygens (including phenoxy) is 1. The minimum atomic E-state index is -0.507. The van der Waals surface area contributed by atoms with Gasteiger partial charge in [0.05, 0.1) is 24.5 Å². The molecule has 1 aliphatic carbocycles. The molecule has 0 aliphatic heterocycles. The van der Waals surface area contributed by atoms with Crippen molar-refractivity contribution >= 4 is 34.6 Å². The summed E-state index contributed by atoms with van der Waals surface area (Å²) in [5, 5.41) is 16.6. The third kappa shape index (κ3) is 4.33. The van der Waals surface area contributed by atoms with Gasteiger partial charge in [0.15, 0.2) is 0 Å². The molecule has 1 aliphatic rings. The van der Waals surface area contributed by atoms with E-state index in [1.165, 1.54) is 29.5 Å². The Morgan fingerprint density at radius 1 is 1.26 bits per heavy atom. The zero-order chi connectivity index (χ0) is 19.2. The highest BCUT2D eigenvalue weighted by Crippen LogP contribution is 2.37. The Morgan fingerprint density at radius 3 is 2.70 bits per heavy atom. The molecular formula is C19H18N4O3S. The predicted molar refractivity (Wildman–Crippen MR) is 103 cm³/mol. The Labute approximate surface area is 160 Å². The number of hydrazone groups is 1. The van der Waals surface area contributed by atoms with Crippen LogP contribution in [0.3, 0.4) is 0 Å². The van der Waals surface area contributed by atoms with E-state index in [-0.39, 0.29) is 0 Å². The lowest BCUT2D eigenvalue weighted by Gasteiger charge is -2.09. The van der Waals surface area contributed by atoms with Gasteiger partial charge in [-0.25, -0.2) is 15.0 Å². The van der Waals surface area contributed by atoms with Gasteiger partial charge in [0.25, 0.3) is 0 Å². The second-order valence-electron chi connectivity index (χ2n) is 5.96. The Kier molecular flexibility index (Phi) is 5.84. The number of nitrogens with one attached hydrogen (secondary N) is 2. The number of carbonyl (C=O) groups is 2. The molecule has 8 heteroatoms. The molecule has 3 rings (SSSR count). The van der Waals surface area contributed by atoms with E-state index in [9.17, 15) is 14.9 Å². The monoisotopic (exact) mass is 382 g/mol. The van der Waals surface area contributed by atoms with E-state index in [2.05, 4.69) is 26.7 Å². The summed E-state index contributed by atoms with van der Waals surface area (Å²) in [5.41, 5.74) is 5.17. The maximum atomic E-state index is 12.1. The zero-order valence-electron chi connectivity index (χ0n) is 14.7. The molecule has 0 bridgehead atoms. The highest BCUT2D eigenvalue weighted by Gasteiger charge is 2.21. The number of aryl methyl sites for hydroxylation is 1. The minimum Gasteiger partial charge on any atom is -0.465 e. The number of urea groups is 1. The molecule has 27 heavy (non-hydrogen) atoms. The summed E-state index contributed by atoms with van der Waals surface area (Å²) < 4.78 is 4.63. The average molecular weight is 382 g/mol. The van der Waals surface area contributed by atoms with Gasteiger partial charge in [0, 0.05) is 4.88 Å². The van der Waals surface area contributed by atoms with Crippen molar-refractivity contribution in [3.05, 3.63) is 51.4 Å². The van der Waals surface area contributed by atoms with Crippen LogP contribution in [-0.4, -0.2) is 25.3 Å². The van der Waals surface area contributed by atoms with Crippen molar-refractivity contribution < 1.29 is 14.3 Å². The number of thiophene rings is 1. The fourth-order valence-electron chi connectivity index (χ4n) is 2.89. The lowest BCUT2D eigenvalue weighted by molar-refractivity contribution is 0.0600. The maximum absolute atomic E-state index is 12.1. The van der Waals surface area contributed by atoms with Crippen LogP contribution in [0.5, 0.6) is 0 Å². The number of nitriles is 1. The molecule has 1 heterocycles. The average Bonchev–Trinajstić information content (AvgIpc) is 3.04. The number of fused-ring (bicyclic) bond motifs is 1. The summed E-state index contributed by atoms with van der Waals surface area (Å²) in [6, 6.07) is 8.30. The third-order valence-corrected chi connectivity index (χ3v) is 5.43. The quantitative estimate of drug-likeness (QED) is 0.480. The van der Waals surface area contributed by atoms with E-state index in [0.717, 1.165) is 31.2 Å². The van der Waals surface area contributed by atoms with Gasteiger partial charge < -0.3 is 4.74 Å². The van der Waals surface area contributed by atoms with Crippen molar-refractivity contribution in [2.75, 3.05) is 12.4 Å². The van der Waals surface area contributed by atoms with Crippen molar-refractivity contribution in [2.45, 2.75) is 25.7 Å². The second-order valence-corrected chi connectivity index (χ2v) is 7.07. The largest absolute Gasteiger partial charge is 0.465 e. The standard InChI is InChI=1S/C19H18N4O3S/c1-26-18(24)13-8-6-12(7-9-13)11-21-23-19(25)22-17-15(10-20)14-4-2-3-5-16(14)27-17/h6-9,11H,2-5H2,1H3,(H2,22,23,25)/b21-11+. The molecule has 2 amide bonds. The molecule has 0 unspecified atom stereocenters. The lowest BCUT2D eigenvalue weighted by Crippen LogP contribution is -2.24. The number of rotatable bonds is 4. The van der Waals surface area contributed by atoms with Crippen molar-refractivity contribution in [3.63, 3.8) is 0 Å². The summed E-state index contributed by atoms with van der Waals surface area (Å²) >= 11 is 1.46. The molecule has 7 nitrogen and oxygen atoms in total. The molecule has 2 N–H and O–H groups in total. The topological polar surface area (TPSA) is 104 Å². The highest BCUT2D eigenvalue weighted by atomic mass is 32.1. The number of benzene rings is 1.